The Bertz CT molecular complexity index is 594. The van der Waals surface area contributed by atoms with Crippen LogP contribution in [0.25, 0.3) is 0 Å². The number of aliphatic imine (C=N–C) groups is 1. The summed E-state index contributed by atoms with van der Waals surface area (Å²) in [6.07, 6.45) is 2.68. The molecule has 1 heterocycles. The Hall–Kier alpha value is -1.91. The van der Waals surface area contributed by atoms with Crippen LogP contribution in [-0.4, -0.2) is 38.8 Å². The van der Waals surface area contributed by atoms with Crippen molar-refractivity contribution in [1.29, 1.82) is 0 Å². The zero-order chi connectivity index (χ0) is 17.0. The minimum absolute atomic E-state index is 0.0717. The number of fused-ring (bicyclic) bond motifs is 1. The highest BCUT2D eigenvalue weighted by molar-refractivity contribution is 5.79. The van der Waals surface area contributed by atoms with Gasteiger partial charge < -0.3 is 20.1 Å². The Morgan fingerprint density at radius 3 is 2.62 bits per heavy atom. The molecule has 0 amide bonds. The fourth-order valence-corrected chi connectivity index (χ4v) is 2.74. The number of benzene rings is 1. The molecule has 1 aromatic rings. The molecule has 132 valence electrons. The summed E-state index contributed by atoms with van der Waals surface area (Å²) in [5, 5.41) is 6.78. The van der Waals surface area contributed by atoms with Crippen molar-refractivity contribution in [3.63, 3.8) is 0 Å². The zero-order valence-electron chi connectivity index (χ0n) is 15.0. The molecular weight excluding hydrogens is 302 g/mol. The van der Waals surface area contributed by atoms with E-state index in [2.05, 4.69) is 43.5 Å². The number of nitrogens with zero attached hydrogens (tertiary/aromatic N) is 1. The highest BCUT2D eigenvalue weighted by Crippen LogP contribution is 2.35. The van der Waals surface area contributed by atoms with Crippen molar-refractivity contribution in [1.82, 2.24) is 10.6 Å². The molecule has 0 saturated heterocycles. The Morgan fingerprint density at radius 1 is 1.17 bits per heavy atom. The van der Waals surface area contributed by atoms with Gasteiger partial charge in [-0.3, -0.25) is 4.99 Å². The quantitative estimate of drug-likeness (QED) is 0.622. The van der Waals surface area contributed by atoms with Gasteiger partial charge in [-0.15, -0.1) is 0 Å². The highest BCUT2D eigenvalue weighted by atomic mass is 16.6. The van der Waals surface area contributed by atoms with E-state index in [0.717, 1.165) is 36.5 Å². The molecule has 0 atom stereocenters. The molecule has 0 unspecified atom stereocenters. The largest absolute Gasteiger partial charge is 0.486 e. The van der Waals surface area contributed by atoms with Gasteiger partial charge in [0.25, 0.3) is 0 Å². The van der Waals surface area contributed by atoms with E-state index < -0.39 is 0 Å². The lowest BCUT2D eigenvalue weighted by Gasteiger charge is -2.26. The maximum Gasteiger partial charge on any atom is 0.191 e. The predicted molar refractivity (Wildman–Crippen MR) is 97.2 cm³/mol. The molecule has 0 radical (unpaired) electrons. The van der Waals surface area contributed by atoms with Crippen molar-refractivity contribution in [3.05, 3.63) is 23.8 Å². The summed E-state index contributed by atoms with van der Waals surface area (Å²) >= 11 is 0. The summed E-state index contributed by atoms with van der Waals surface area (Å²) < 4.78 is 11.3. The number of guanidine groups is 1. The number of hydrogen-bond acceptors (Lipinski definition) is 3. The summed E-state index contributed by atoms with van der Waals surface area (Å²) in [5.74, 6) is 3.42. The molecule has 1 saturated carbocycles. The molecule has 2 aliphatic rings. The lowest BCUT2D eigenvalue weighted by atomic mass is 9.84. The van der Waals surface area contributed by atoms with Crippen LogP contribution in [0.15, 0.2) is 23.2 Å². The van der Waals surface area contributed by atoms with Gasteiger partial charge in [-0.1, -0.05) is 19.9 Å². The summed E-state index contributed by atoms with van der Waals surface area (Å²) in [6.45, 7) is 10.4. The number of ether oxygens (including phenoxy) is 2. The van der Waals surface area contributed by atoms with Crippen LogP contribution in [0.1, 0.15) is 39.2 Å². The summed E-state index contributed by atoms with van der Waals surface area (Å²) in [6, 6.07) is 6.22. The molecule has 5 nitrogen and oxygen atoms in total. The van der Waals surface area contributed by atoms with Crippen molar-refractivity contribution >= 4 is 5.96 Å². The van der Waals surface area contributed by atoms with Crippen LogP contribution in [-0.2, 0) is 5.41 Å². The second-order valence-electron chi connectivity index (χ2n) is 7.26. The number of rotatable bonds is 6. The SMILES string of the molecule is CCNC(=NCC(C)(C)c1ccc2c(c1)OCCO2)NCC1CC1. The molecule has 0 spiro atoms. The van der Waals surface area contributed by atoms with Crippen molar-refractivity contribution in [3.8, 4) is 11.5 Å². The van der Waals surface area contributed by atoms with E-state index in [-0.39, 0.29) is 5.41 Å². The normalized spacial score (nSPS) is 17.5. The topological polar surface area (TPSA) is 54.9 Å². The maximum absolute atomic E-state index is 5.71. The van der Waals surface area contributed by atoms with Crippen LogP contribution in [0, 0.1) is 5.92 Å². The molecule has 2 N–H and O–H groups in total. The van der Waals surface area contributed by atoms with Crippen LogP contribution in [0.4, 0.5) is 0 Å². The van der Waals surface area contributed by atoms with Gasteiger partial charge in [0.05, 0.1) is 6.54 Å². The first-order valence-corrected chi connectivity index (χ1v) is 9.01. The Morgan fingerprint density at radius 2 is 1.92 bits per heavy atom. The van der Waals surface area contributed by atoms with Crippen molar-refractivity contribution < 1.29 is 9.47 Å². The Kier molecular flexibility index (Phi) is 5.17. The third-order valence-corrected chi connectivity index (χ3v) is 4.56. The van der Waals surface area contributed by atoms with Gasteiger partial charge >= 0.3 is 0 Å². The van der Waals surface area contributed by atoms with Crippen LogP contribution in [0.2, 0.25) is 0 Å². The first-order chi connectivity index (χ1) is 11.6. The van der Waals surface area contributed by atoms with Gasteiger partial charge in [-0.2, -0.15) is 0 Å². The minimum atomic E-state index is -0.0717. The van der Waals surface area contributed by atoms with Crippen LogP contribution >= 0.6 is 0 Å². The van der Waals surface area contributed by atoms with E-state index >= 15 is 0 Å². The molecular formula is C19H29N3O2. The lowest BCUT2D eigenvalue weighted by molar-refractivity contribution is 0.171. The number of hydrogen-bond donors (Lipinski definition) is 2. The van der Waals surface area contributed by atoms with E-state index in [1.54, 1.807) is 0 Å². The second-order valence-corrected chi connectivity index (χ2v) is 7.26. The van der Waals surface area contributed by atoms with E-state index in [1.165, 1.54) is 18.4 Å². The van der Waals surface area contributed by atoms with Crippen molar-refractivity contribution in [2.75, 3.05) is 32.8 Å². The molecule has 5 heteroatoms. The minimum Gasteiger partial charge on any atom is -0.486 e. The predicted octanol–water partition coefficient (Wildman–Crippen LogP) is 2.70. The Labute approximate surface area is 144 Å². The zero-order valence-corrected chi connectivity index (χ0v) is 15.0. The smallest absolute Gasteiger partial charge is 0.191 e. The van der Waals surface area contributed by atoms with Gasteiger partial charge in [-0.25, -0.2) is 0 Å². The first kappa shape index (κ1) is 16.9. The molecule has 1 aromatic carbocycles. The summed E-state index contributed by atoms with van der Waals surface area (Å²) in [4.78, 5) is 4.80. The fourth-order valence-electron chi connectivity index (χ4n) is 2.74. The Balaban J connectivity index is 1.67. The van der Waals surface area contributed by atoms with Crippen LogP contribution < -0.4 is 20.1 Å². The molecule has 24 heavy (non-hydrogen) atoms. The lowest BCUT2D eigenvalue weighted by Crippen LogP contribution is -2.39. The van der Waals surface area contributed by atoms with Gasteiger partial charge in [0, 0.05) is 18.5 Å². The first-order valence-electron chi connectivity index (χ1n) is 9.01. The third kappa shape index (κ3) is 4.34. The monoisotopic (exact) mass is 331 g/mol. The van der Waals surface area contributed by atoms with Crippen LogP contribution in [0.3, 0.4) is 0 Å². The summed E-state index contributed by atoms with van der Waals surface area (Å²) in [5.41, 5.74) is 1.14. The van der Waals surface area contributed by atoms with Gasteiger partial charge in [0.2, 0.25) is 0 Å². The van der Waals surface area contributed by atoms with E-state index in [0.29, 0.717) is 19.8 Å². The molecule has 0 bridgehead atoms. The average Bonchev–Trinajstić information content (AvgIpc) is 3.41. The van der Waals surface area contributed by atoms with Gasteiger partial charge in [0.15, 0.2) is 17.5 Å². The van der Waals surface area contributed by atoms with E-state index in [9.17, 15) is 0 Å². The standard InChI is InChI=1S/C19H29N3O2/c1-4-20-18(21-12-14-5-6-14)22-13-19(2,3)15-7-8-16-17(11-15)24-10-9-23-16/h7-8,11,14H,4-6,9-10,12-13H2,1-3H3,(H2,20,21,22). The van der Waals surface area contributed by atoms with Crippen molar-refractivity contribution in [2.24, 2.45) is 10.9 Å². The van der Waals surface area contributed by atoms with E-state index in [4.69, 9.17) is 14.5 Å². The highest BCUT2D eigenvalue weighted by Gasteiger charge is 2.24. The van der Waals surface area contributed by atoms with Crippen LogP contribution in [0.5, 0.6) is 11.5 Å². The summed E-state index contributed by atoms with van der Waals surface area (Å²) in [7, 11) is 0. The average molecular weight is 331 g/mol. The maximum atomic E-state index is 5.71. The number of nitrogens with one attached hydrogen (secondary N) is 2. The van der Waals surface area contributed by atoms with Gasteiger partial charge in [-0.05, 0) is 43.4 Å². The molecule has 1 fully saturated rings. The molecule has 3 rings (SSSR count). The third-order valence-electron chi connectivity index (χ3n) is 4.56. The fraction of sp³-hybridized carbons (Fsp3) is 0.632. The molecule has 1 aliphatic carbocycles. The van der Waals surface area contributed by atoms with Crippen molar-refractivity contribution in [2.45, 2.75) is 39.0 Å². The molecule has 0 aromatic heterocycles. The van der Waals surface area contributed by atoms with Gasteiger partial charge in [0.1, 0.15) is 13.2 Å². The molecule has 1 aliphatic heterocycles. The second kappa shape index (κ2) is 7.32. The van der Waals surface area contributed by atoms with E-state index in [1.807, 2.05) is 6.07 Å².